The lowest BCUT2D eigenvalue weighted by atomic mass is 10.0. The van der Waals surface area contributed by atoms with Crippen LogP contribution in [0, 0.1) is 0 Å². The first-order valence-corrected chi connectivity index (χ1v) is 24.7. The summed E-state index contributed by atoms with van der Waals surface area (Å²) >= 11 is 0. The van der Waals surface area contributed by atoms with Crippen LogP contribution in [-0.2, 0) is 0 Å². The molecule has 0 aliphatic carbocycles. The van der Waals surface area contributed by atoms with Gasteiger partial charge in [-0.2, -0.15) is 9.97 Å². The maximum absolute atomic E-state index is 5.40. The van der Waals surface area contributed by atoms with Gasteiger partial charge < -0.3 is 4.57 Å². The van der Waals surface area contributed by atoms with Crippen LogP contribution in [0.1, 0.15) is 0 Å². The zero-order valence-corrected chi connectivity index (χ0v) is 39.8. The van der Waals surface area contributed by atoms with Crippen LogP contribution in [0.25, 0.3) is 134 Å². The van der Waals surface area contributed by atoms with Gasteiger partial charge in [-0.15, -0.1) is 0 Å². The lowest BCUT2D eigenvalue weighted by Gasteiger charge is -2.16. The molecule has 74 heavy (non-hydrogen) atoms. The second-order valence-corrected chi connectivity index (χ2v) is 18.3. The Morgan fingerprint density at radius 2 is 0.608 bits per heavy atom. The smallest absolute Gasteiger partial charge is 0.238 e. The van der Waals surface area contributed by atoms with E-state index < -0.39 is 0 Å². The van der Waals surface area contributed by atoms with Gasteiger partial charge in [0.15, 0.2) is 29.1 Å². The molecule has 0 unspecified atom stereocenters. The minimum Gasteiger partial charge on any atom is -0.306 e. The maximum Gasteiger partial charge on any atom is 0.238 e. The van der Waals surface area contributed by atoms with Crippen LogP contribution in [0.5, 0.6) is 0 Å². The van der Waals surface area contributed by atoms with Gasteiger partial charge in [-0.3, -0.25) is 4.57 Å². The molecule has 14 aromatic rings. The van der Waals surface area contributed by atoms with Gasteiger partial charge in [0.25, 0.3) is 0 Å². The third-order valence-corrected chi connectivity index (χ3v) is 13.9. The van der Waals surface area contributed by atoms with Gasteiger partial charge in [0.05, 0.1) is 27.8 Å². The Labute approximate surface area is 426 Å². The fourth-order valence-electron chi connectivity index (χ4n) is 10.4. The molecule has 0 radical (unpaired) electrons. The topological polar surface area (TPSA) is 87.2 Å². The molecule has 0 spiro atoms. The molecule has 4 heterocycles. The molecule has 0 saturated heterocycles. The fraction of sp³-hybridized carbons (Fsp3) is 0. The van der Waals surface area contributed by atoms with Gasteiger partial charge >= 0.3 is 0 Å². The number of benzene rings is 10. The van der Waals surface area contributed by atoms with Crippen LogP contribution in [-0.4, -0.2) is 39.0 Å². The third-order valence-electron chi connectivity index (χ3n) is 13.9. The SMILES string of the molecule is c1ccc(-c2ccc(-c3nc(-c4cccc(-c5ccccc5)c4)nc(-c4ccccc4-n4c5ccccc5c5ccc6c7ccccc7n(-c7nc(-c8ccccc8)nc(-c8ccccc8)n7)c6c54)n3)cc2)cc1. The van der Waals surface area contributed by atoms with E-state index in [2.05, 4.69) is 191 Å². The van der Waals surface area contributed by atoms with E-state index >= 15 is 0 Å². The summed E-state index contributed by atoms with van der Waals surface area (Å²) in [5, 5.41) is 4.34. The second kappa shape index (κ2) is 17.9. The van der Waals surface area contributed by atoms with Gasteiger partial charge in [0.2, 0.25) is 5.95 Å². The van der Waals surface area contributed by atoms with Crippen LogP contribution in [0.15, 0.2) is 255 Å². The lowest BCUT2D eigenvalue weighted by molar-refractivity contribution is 0.953. The summed E-state index contributed by atoms with van der Waals surface area (Å²) in [5.74, 6) is 3.39. The Balaban J connectivity index is 1.04. The number of hydrogen-bond acceptors (Lipinski definition) is 6. The Hall–Kier alpha value is -10.2. The van der Waals surface area contributed by atoms with E-state index in [1.165, 1.54) is 0 Å². The quantitative estimate of drug-likeness (QED) is 0.143. The van der Waals surface area contributed by atoms with Gasteiger partial charge in [0, 0.05) is 49.4 Å². The molecular weight excluding hydrogens is 905 g/mol. The van der Waals surface area contributed by atoms with Crippen LogP contribution in [0.2, 0.25) is 0 Å². The zero-order valence-electron chi connectivity index (χ0n) is 39.8. The first-order valence-electron chi connectivity index (χ1n) is 24.7. The summed E-state index contributed by atoms with van der Waals surface area (Å²) in [7, 11) is 0. The van der Waals surface area contributed by atoms with E-state index in [1.807, 2.05) is 72.8 Å². The van der Waals surface area contributed by atoms with Crippen LogP contribution in [0.3, 0.4) is 0 Å². The summed E-state index contributed by atoms with van der Waals surface area (Å²) in [6.07, 6.45) is 0. The molecule has 0 bridgehead atoms. The zero-order chi connectivity index (χ0) is 49.0. The standard InChI is InChI=1S/C66H42N8/c1-5-20-43(21-6-1)45-36-38-48(39-37-45)61-67-64(50-29-19-28-49(42-50)44-22-7-2-8-23-44)70-65(69-61)55-32-15-18-35-58(55)73-56-33-16-13-30-51(56)53-40-41-54-52-31-14-17-34-57(52)74(60(54)59(53)73)66-71-62(46-24-9-3-10-25-46)68-63(72-66)47-26-11-4-12-27-47/h1-42H. The summed E-state index contributed by atoms with van der Waals surface area (Å²) in [4.78, 5) is 31.8. The van der Waals surface area contributed by atoms with Gasteiger partial charge in [-0.25, -0.2) is 19.9 Å². The Bertz CT molecular complexity index is 4340. The monoisotopic (exact) mass is 946 g/mol. The highest BCUT2D eigenvalue weighted by Gasteiger charge is 2.25. The summed E-state index contributed by atoms with van der Waals surface area (Å²) < 4.78 is 4.60. The Kier molecular flexibility index (Phi) is 10.3. The van der Waals surface area contributed by atoms with Crippen molar-refractivity contribution in [3.05, 3.63) is 255 Å². The average Bonchev–Trinajstić information content (AvgIpc) is 4.07. The molecule has 0 aliphatic heterocycles. The van der Waals surface area contributed by atoms with E-state index in [-0.39, 0.29) is 0 Å². The molecule has 8 heteroatoms. The van der Waals surface area contributed by atoms with E-state index in [4.69, 9.17) is 29.9 Å². The minimum atomic E-state index is 0.518. The van der Waals surface area contributed by atoms with Crippen molar-refractivity contribution in [2.45, 2.75) is 0 Å². The molecule has 8 nitrogen and oxygen atoms in total. The predicted octanol–water partition coefficient (Wildman–Crippen LogP) is 15.9. The summed E-state index contributed by atoms with van der Waals surface area (Å²) in [5.41, 5.74) is 13.8. The van der Waals surface area contributed by atoms with Crippen molar-refractivity contribution < 1.29 is 0 Å². The van der Waals surface area contributed by atoms with Gasteiger partial charge in [-0.05, 0) is 52.6 Å². The highest BCUT2D eigenvalue weighted by Crippen LogP contribution is 2.43. The van der Waals surface area contributed by atoms with Gasteiger partial charge in [-0.1, -0.05) is 224 Å². The molecule has 0 N–H and O–H groups in total. The number of fused-ring (bicyclic) bond motifs is 7. The summed E-state index contributed by atoms with van der Waals surface area (Å²) in [6.45, 7) is 0. The fourth-order valence-corrected chi connectivity index (χ4v) is 10.4. The first kappa shape index (κ1) is 42.7. The molecule has 4 aromatic heterocycles. The van der Waals surface area contributed by atoms with Crippen molar-refractivity contribution >= 4 is 43.6 Å². The predicted molar refractivity (Wildman–Crippen MR) is 300 cm³/mol. The van der Waals surface area contributed by atoms with Crippen molar-refractivity contribution in [2.75, 3.05) is 0 Å². The number of rotatable bonds is 9. The molecule has 0 amide bonds. The second-order valence-electron chi connectivity index (χ2n) is 18.3. The Morgan fingerprint density at radius 1 is 0.230 bits per heavy atom. The van der Waals surface area contributed by atoms with Crippen molar-refractivity contribution in [3.8, 4) is 90.8 Å². The molecular formula is C66H42N8. The minimum absolute atomic E-state index is 0.518. The summed E-state index contributed by atoms with van der Waals surface area (Å²) in [6, 6.07) is 88.1. The molecule has 0 saturated carbocycles. The van der Waals surface area contributed by atoms with E-state index in [9.17, 15) is 0 Å². The van der Waals surface area contributed by atoms with Crippen LogP contribution in [0.4, 0.5) is 0 Å². The van der Waals surface area contributed by atoms with Crippen LogP contribution < -0.4 is 0 Å². The molecule has 0 atom stereocenters. The lowest BCUT2D eigenvalue weighted by Crippen LogP contribution is -2.07. The highest BCUT2D eigenvalue weighted by molar-refractivity contribution is 6.24. The number of nitrogens with zero attached hydrogens (tertiary/aromatic N) is 8. The van der Waals surface area contributed by atoms with E-state index in [1.54, 1.807) is 0 Å². The number of aromatic nitrogens is 8. The number of hydrogen-bond donors (Lipinski definition) is 0. The number of para-hydroxylation sites is 3. The van der Waals surface area contributed by atoms with Crippen molar-refractivity contribution in [1.29, 1.82) is 0 Å². The van der Waals surface area contributed by atoms with E-state index in [0.29, 0.717) is 35.1 Å². The van der Waals surface area contributed by atoms with Crippen molar-refractivity contribution in [1.82, 2.24) is 39.0 Å². The molecule has 346 valence electrons. The first-order chi connectivity index (χ1) is 36.7. The molecule has 0 aliphatic rings. The maximum atomic E-state index is 5.40. The molecule has 14 rings (SSSR count). The average molecular weight is 947 g/mol. The molecule has 10 aromatic carbocycles. The van der Waals surface area contributed by atoms with E-state index in [0.717, 1.165) is 99.4 Å². The highest BCUT2D eigenvalue weighted by atomic mass is 15.2. The Morgan fingerprint density at radius 3 is 1.20 bits per heavy atom. The largest absolute Gasteiger partial charge is 0.306 e. The van der Waals surface area contributed by atoms with Crippen molar-refractivity contribution in [3.63, 3.8) is 0 Å². The van der Waals surface area contributed by atoms with Gasteiger partial charge in [0.1, 0.15) is 0 Å². The third kappa shape index (κ3) is 7.40. The van der Waals surface area contributed by atoms with Crippen LogP contribution >= 0.6 is 0 Å². The normalized spacial score (nSPS) is 11.5. The van der Waals surface area contributed by atoms with Crippen molar-refractivity contribution in [2.24, 2.45) is 0 Å². The molecule has 0 fully saturated rings.